The third-order valence-electron chi connectivity index (χ3n) is 7.16. The first-order valence-electron chi connectivity index (χ1n) is 12.5. The van der Waals surface area contributed by atoms with Crippen LogP contribution in [0.25, 0.3) is 0 Å². The van der Waals surface area contributed by atoms with Crippen LogP contribution in [0.1, 0.15) is 96.8 Å². The van der Waals surface area contributed by atoms with Gasteiger partial charge in [0, 0.05) is 0 Å². The quantitative estimate of drug-likeness (QED) is 0.494. The van der Waals surface area contributed by atoms with Crippen LogP contribution >= 0.6 is 0 Å². The zero-order valence-corrected chi connectivity index (χ0v) is 18.8. The van der Waals surface area contributed by atoms with Crippen molar-refractivity contribution in [1.29, 1.82) is 0 Å². The van der Waals surface area contributed by atoms with Crippen LogP contribution in [0.5, 0.6) is 0 Å². The van der Waals surface area contributed by atoms with Crippen molar-refractivity contribution in [3.63, 3.8) is 0 Å². The molecule has 3 aliphatic rings. The van der Waals surface area contributed by atoms with Gasteiger partial charge in [-0.25, -0.2) is 0 Å². The van der Waals surface area contributed by atoms with Crippen LogP contribution in [0.4, 0.5) is 0 Å². The monoisotopic (exact) mass is 428 g/mol. The first kappa shape index (κ1) is 24.4. The summed E-state index contributed by atoms with van der Waals surface area (Å²) in [6.07, 6.45) is 10.9. The Balaban J connectivity index is 1.66. The molecule has 3 saturated carbocycles. The third-order valence-corrected chi connectivity index (χ3v) is 7.16. The summed E-state index contributed by atoms with van der Waals surface area (Å²) in [6, 6.07) is 0. The van der Waals surface area contributed by atoms with E-state index in [1.807, 2.05) is 0 Å². The van der Waals surface area contributed by atoms with Crippen LogP contribution in [-0.2, 0) is 14.2 Å². The molecule has 0 aromatic rings. The summed E-state index contributed by atoms with van der Waals surface area (Å²) in [5.41, 5.74) is 0. The number of aliphatic hydroxyl groups is 3. The van der Waals surface area contributed by atoms with E-state index in [-0.39, 0.29) is 30.5 Å². The molecule has 8 atom stereocenters. The van der Waals surface area contributed by atoms with Gasteiger partial charge in [-0.3, -0.25) is 0 Å². The summed E-state index contributed by atoms with van der Waals surface area (Å²) in [4.78, 5) is 0. The van der Waals surface area contributed by atoms with Gasteiger partial charge in [-0.05, 0) is 44.9 Å². The molecule has 3 rings (SSSR count). The van der Waals surface area contributed by atoms with Crippen molar-refractivity contribution in [1.82, 2.24) is 0 Å². The lowest BCUT2D eigenvalue weighted by molar-refractivity contribution is -0.197. The average molecular weight is 429 g/mol. The van der Waals surface area contributed by atoms with E-state index in [9.17, 15) is 15.3 Å². The molecule has 30 heavy (non-hydrogen) atoms. The van der Waals surface area contributed by atoms with Crippen molar-refractivity contribution in [3.05, 3.63) is 0 Å². The molecule has 3 N–H and O–H groups in total. The summed E-state index contributed by atoms with van der Waals surface area (Å²) in [7, 11) is 0. The van der Waals surface area contributed by atoms with E-state index in [2.05, 4.69) is 6.92 Å². The van der Waals surface area contributed by atoms with Crippen LogP contribution < -0.4 is 0 Å². The van der Waals surface area contributed by atoms with Crippen molar-refractivity contribution < 1.29 is 29.5 Å². The van der Waals surface area contributed by atoms with Gasteiger partial charge in [-0.1, -0.05) is 51.9 Å². The molecule has 0 saturated heterocycles. The Morgan fingerprint density at radius 3 is 1.53 bits per heavy atom. The lowest BCUT2D eigenvalue weighted by Crippen LogP contribution is -2.47. The van der Waals surface area contributed by atoms with Crippen molar-refractivity contribution in [2.45, 2.75) is 146 Å². The summed E-state index contributed by atoms with van der Waals surface area (Å²) < 4.78 is 19.1. The minimum atomic E-state index is -0.441. The maximum atomic E-state index is 10.5. The molecule has 3 fully saturated rings. The Kier molecular flexibility index (Phi) is 10.3. The standard InChI is InChI=1S/C24H44O6/c1-2-9-23(29-21-14-7-4-11-18(21)26)24(30-22-15-8-5-12-19(22)27)16-28-20-13-6-3-10-17(20)25/h17-27H,2-16H2,1H3. The minimum Gasteiger partial charge on any atom is -0.390 e. The third kappa shape index (κ3) is 7.14. The highest BCUT2D eigenvalue weighted by atomic mass is 16.6. The summed E-state index contributed by atoms with van der Waals surface area (Å²) in [5.74, 6) is 0. The fourth-order valence-electron chi connectivity index (χ4n) is 5.27. The van der Waals surface area contributed by atoms with Gasteiger partial charge in [0.1, 0.15) is 6.10 Å². The molecule has 6 nitrogen and oxygen atoms in total. The van der Waals surface area contributed by atoms with Crippen molar-refractivity contribution in [3.8, 4) is 0 Å². The molecule has 0 bridgehead atoms. The molecule has 3 aliphatic carbocycles. The highest BCUT2D eigenvalue weighted by Gasteiger charge is 2.35. The van der Waals surface area contributed by atoms with Crippen LogP contribution in [0.15, 0.2) is 0 Å². The van der Waals surface area contributed by atoms with Crippen molar-refractivity contribution in [2.24, 2.45) is 0 Å². The number of aliphatic hydroxyl groups excluding tert-OH is 3. The molecule has 0 aromatic heterocycles. The van der Waals surface area contributed by atoms with Crippen LogP contribution in [-0.4, -0.2) is 70.8 Å². The van der Waals surface area contributed by atoms with Crippen LogP contribution in [0.2, 0.25) is 0 Å². The fraction of sp³-hybridized carbons (Fsp3) is 1.00. The van der Waals surface area contributed by atoms with Gasteiger partial charge in [0.2, 0.25) is 0 Å². The van der Waals surface area contributed by atoms with Crippen LogP contribution in [0.3, 0.4) is 0 Å². The predicted molar refractivity (Wildman–Crippen MR) is 115 cm³/mol. The molecule has 0 amide bonds. The topological polar surface area (TPSA) is 88.4 Å². The van der Waals surface area contributed by atoms with Gasteiger partial charge in [-0.2, -0.15) is 0 Å². The first-order valence-corrected chi connectivity index (χ1v) is 12.5. The van der Waals surface area contributed by atoms with Crippen molar-refractivity contribution in [2.75, 3.05) is 6.61 Å². The number of rotatable bonds is 10. The summed E-state index contributed by atoms with van der Waals surface area (Å²) in [5, 5.41) is 31.2. The number of ether oxygens (including phenoxy) is 3. The Morgan fingerprint density at radius 2 is 1.07 bits per heavy atom. The molecular formula is C24H44O6. The maximum absolute atomic E-state index is 10.5. The van der Waals surface area contributed by atoms with Gasteiger partial charge in [0.25, 0.3) is 0 Å². The maximum Gasteiger partial charge on any atom is 0.107 e. The summed E-state index contributed by atoms with van der Waals surface area (Å²) in [6.45, 7) is 2.49. The molecule has 6 heteroatoms. The second-order valence-electron chi connectivity index (χ2n) is 9.64. The smallest absolute Gasteiger partial charge is 0.107 e. The molecule has 176 valence electrons. The molecular weight excluding hydrogens is 384 g/mol. The van der Waals surface area contributed by atoms with E-state index in [1.54, 1.807) is 0 Å². The highest BCUT2D eigenvalue weighted by molar-refractivity contribution is 4.84. The molecule has 0 spiro atoms. The Bertz CT molecular complexity index is 475. The Labute approximate surface area is 182 Å². The second kappa shape index (κ2) is 12.7. The molecule has 0 aliphatic heterocycles. The SMILES string of the molecule is CCCC(OC1CCCCC1O)C(COC1CCCCC1O)OC1CCCCC1O. The molecule has 0 radical (unpaired) electrons. The first-order chi connectivity index (χ1) is 14.6. The van der Waals surface area contributed by atoms with Gasteiger partial charge in [0.15, 0.2) is 0 Å². The van der Waals surface area contributed by atoms with Gasteiger partial charge >= 0.3 is 0 Å². The largest absolute Gasteiger partial charge is 0.390 e. The summed E-state index contributed by atoms with van der Waals surface area (Å²) >= 11 is 0. The Morgan fingerprint density at radius 1 is 0.633 bits per heavy atom. The zero-order valence-electron chi connectivity index (χ0n) is 18.8. The van der Waals surface area contributed by atoms with E-state index < -0.39 is 18.3 Å². The number of hydrogen-bond donors (Lipinski definition) is 3. The van der Waals surface area contributed by atoms with E-state index in [4.69, 9.17) is 14.2 Å². The Hall–Kier alpha value is -0.240. The van der Waals surface area contributed by atoms with Gasteiger partial charge in [0.05, 0.1) is 49.3 Å². The van der Waals surface area contributed by atoms with E-state index >= 15 is 0 Å². The lowest BCUT2D eigenvalue weighted by atomic mass is 9.93. The van der Waals surface area contributed by atoms with Crippen LogP contribution in [0, 0.1) is 0 Å². The molecule has 0 aromatic carbocycles. The van der Waals surface area contributed by atoms with Gasteiger partial charge < -0.3 is 29.5 Å². The van der Waals surface area contributed by atoms with E-state index in [0.29, 0.717) is 6.61 Å². The minimum absolute atomic E-state index is 0.149. The van der Waals surface area contributed by atoms with E-state index in [1.165, 1.54) is 0 Å². The second-order valence-corrected chi connectivity index (χ2v) is 9.64. The highest BCUT2D eigenvalue weighted by Crippen LogP contribution is 2.29. The molecule has 0 heterocycles. The molecule has 8 unspecified atom stereocenters. The van der Waals surface area contributed by atoms with Crippen molar-refractivity contribution >= 4 is 0 Å². The van der Waals surface area contributed by atoms with Gasteiger partial charge in [-0.15, -0.1) is 0 Å². The van der Waals surface area contributed by atoms with E-state index in [0.717, 1.165) is 89.9 Å². The normalized spacial score (nSPS) is 37.6. The average Bonchev–Trinajstić information content (AvgIpc) is 2.75. The number of hydrogen-bond acceptors (Lipinski definition) is 6. The fourth-order valence-corrected chi connectivity index (χ4v) is 5.27. The predicted octanol–water partition coefficient (Wildman–Crippen LogP) is 3.48. The lowest BCUT2D eigenvalue weighted by Gasteiger charge is -2.39. The zero-order chi connectivity index (χ0) is 21.3.